The van der Waals surface area contributed by atoms with Gasteiger partial charge in [0, 0.05) is 61.9 Å². The molecular formula is C22H23F5N6O2. The first-order valence-corrected chi connectivity index (χ1v) is 11.0. The van der Waals surface area contributed by atoms with Crippen LogP contribution in [0.15, 0.2) is 24.5 Å². The third-order valence-electron chi connectivity index (χ3n) is 6.00. The number of rotatable bonds is 5. The van der Waals surface area contributed by atoms with Crippen LogP contribution >= 0.6 is 0 Å². The largest absolute Gasteiger partial charge is 0.433 e. The Morgan fingerprint density at radius 1 is 1.17 bits per heavy atom. The summed E-state index contributed by atoms with van der Waals surface area (Å²) in [6.07, 6.45) is -3.05. The number of fused-ring (bicyclic) bond motifs is 1. The second-order valence-electron chi connectivity index (χ2n) is 8.71. The Balaban J connectivity index is 1.49. The number of halogens is 5. The van der Waals surface area contributed by atoms with Crippen LogP contribution in [0.25, 0.3) is 11.4 Å². The number of carbonyl (C=O) groups is 2. The van der Waals surface area contributed by atoms with Gasteiger partial charge in [0.25, 0.3) is 5.92 Å². The Bertz CT molecular complexity index is 1110. The molecule has 2 aliphatic heterocycles. The average molecular weight is 498 g/mol. The maximum atomic E-state index is 13.7. The zero-order chi connectivity index (χ0) is 25.4. The number of pyridine rings is 1. The molecule has 0 saturated carbocycles. The summed E-state index contributed by atoms with van der Waals surface area (Å²) in [5.74, 6) is -4.05. The zero-order valence-electron chi connectivity index (χ0n) is 18.6. The van der Waals surface area contributed by atoms with Crippen molar-refractivity contribution in [1.82, 2.24) is 24.8 Å². The number of hydrogen-bond donors (Lipinski definition) is 1. The van der Waals surface area contributed by atoms with E-state index in [2.05, 4.69) is 15.0 Å². The van der Waals surface area contributed by atoms with Crippen LogP contribution in [-0.2, 0) is 28.7 Å². The molecule has 0 aliphatic carbocycles. The first kappa shape index (κ1) is 24.9. The predicted octanol–water partition coefficient (Wildman–Crippen LogP) is 2.42. The van der Waals surface area contributed by atoms with E-state index in [-0.39, 0.29) is 56.0 Å². The molecule has 0 radical (unpaired) electrons. The topological polar surface area (TPSA) is 105 Å². The quantitative estimate of drug-likeness (QED) is 0.635. The molecule has 1 fully saturated rings. The first-order chi connectivity index (χ1) is 16.4. The summed E-state index contributed by atoms with van der Waals surface area (Å²) >= 11 is 0. The van der Waals surface area contributed by atoms with Gasteiger partial charge in [0.15, 0.2) is 11.5 Å². The third-order valence-corrected chi connectivity index (χ3v) is 6.00. The van der Waals surface area contributed by atoms with E-state index in [1.807, 2.05) is 0 Å². The summed E-state index contributed by atoms with van der Waals surface area (Å²) in [4.78, 5) is 38.9. The number of aromatic nitrogens is 3. The zero-order valence-corrected chi connectivity index (χ0v) is 18.6. The number of piperidine rings is 1. The van der Waals surface area contributed by atoms with Crippen molar-refractivity contribution in [3.8, 4) is 11.4 Å². The highest BCUT2D eigenvalue weighted by atomic mass is 19.4. The van der Waals surface area contributed by atoms with Gasteiger partial charge < -0.3 is 15.5 Å². The molecule has 2 aromatic heterocycles. The van der Waals surface area contributed by atoms with Gasteiger partial charge in [-0.05, 0) is 18.6 Å². The fourth-order valence-corrected chi connectivity index (χ4v) is 4.27. The molecular weight excluding hydrogens is 475 g/mol. The van der Waals surface area contributed by atoms with Gasteiger partial charge in [0.1, 0.15) is 0 Å². The van der Waals surface area contributed by atoms with Gasteiger partial charge in [0.05, 0.1) is 18.8 Å². The molecule has 2 amide bonds. The van der Waals surface area contributed by atoms with Crippen LogP contribution in [0.3, 0.4) is 0 Å². The minimum Gasteiger partial charge on any atom is -0.336 e. The van der Waals surface area contributed by atoms with Gasteiger partial charge in [0.2, 0.25) is 11.8 Å². The van der Waals surface area contributed by atoms with Crippen LogP contribution in [0.4, 0.5) is 22.0 Å². The maximum absolute atomic E-state index is 13.7. The molecule has 1 saturated heterocycles. The van der Waals surface area contributed by atoms with Gasteiger partial charge in [-0.15, -0.1) is 0 Å². The lowest BCUT2D eigenvalue weighted by Gasteiger charge is -2.34. The lowest BCUT2D eigenvalue weighted by molar-refractivity contribution is -0.148. The summed E-state index contributed by atoms with van der Waals surface area (Å²) in [7, 11) is 0. The highest BCUT2D eigenvalue weighted by Gasteiger charge is 2.41. The highest BCUT2D eigenvalue weighted by Crippen LogP contribution is 2.35. The number of likely N-dealkylation sites (tertiary alicyclic amines) is 1. The Kier molecular flexibility index (Phi) is 6.71. The van der Waals surface area contributed by atoms with E-state index in [0.29, 0.717) is 5.56 Å². The Labute approximate surface area is 197 Å². The van der Waals surface area contributed by atoms with E-state index in [1.54, 1.807) is 0 Å². The van der Waals surface area contributed by atoms with Crippen LogP contribution in [0.5, 0.6) is 0 Å². The van der Waals surface area contributed by atoms with E-state index in [1.165, 1.54) is 29.4 Å². The summed E-state index contributed by atoms with van der Waals surface area (Å²) in [6, 6.07) is 2.07. The minimum absolute atomic E-state index is 0.000310. The minimum atomic E-state index is -4.70. The second kappa shape index (κ2) is 9.44. The van der Waals surface area contributed by atoms with Crippen LogP contribution in [0.2, 0.25) is 0 Å². The fraction of sp³-hybridized carbons (Fsp3) is 0.500. The van der Waals surface area contributed by atoms with Crippen molar-refractivity contribution in [1.29, 1.82) is 0 Å². The lowest BCUT2D eigenvalue weighted by Crippen LogP contribution is -2.51. The van der Waals surface area contributed by atoms with Crippen molar-refractivity contribution in [3.05, 3.63) is 41.5 Å². The molecule has 0 spiro atoms. The number of alkyl halides is 5. The van der Waals surface area contributed by atoms with Crippen molar-refractivity contribution in [2.75, 3.05) is 19.6 Å². The summed E-state index contributed by atoms with van der Waals surface area (Å²) in [5, 5.41) is 0. The molecule has 188 valence electrons. The average Bonchev–Trinajstić information content (AvgIpc) is 2.80. The van der Waals surface area contributed by atoms with Crippen molar-refractivity contribution in [3.63, 3.8) is 0 Å². The van der Waals surface area contributed by atoms with E-state index in [4.69, 9.17) is 5.73 Å². The predicted molar refractivity (Wildman–Crippen MR) is 113 cm³/mol. The first-order valence-electron chi connectivity index (χ1n) is 11.0. The molecule has 0 bridgehead atoms. The Morgan fingerprint density at radius 2 is 1.89 bits per heavy atom. The molecule has 4 rings (SSSR count). The fourth-order valence-electron chi connectivity index (χ4n) is 4.27. The summed E-state index contributed by atoms with van der Waals surface area (Å²) in [6.45, 7) is -1.14. The summed E-state index contributed by atoms with van der Waals surface area (Å²) < 4.78 is 68.4. The van der Waals surface area contributed by atoms with E-state index < -0.39 is 48.6 Å². The number of amides is 2. The number of hydrogen-bond acceptors (Lipinski definition) is 6. The third kappa shape index (κ3) is 5.72. The molecule has 8 nitrogen and oxygen atoms in total. The van der Waals surface area contributed by atoms with Crippen LogP contribution < -0.4 is 5.73 Å². The van der Waals surface area contributed by atoms with Crippen molar-refractivity contribution in [2.24, 2.45) is 5.73 Å². The molecule has 13 heteroatoms. The number of nitrogens with zero attached hydrogens (tertiary/aromatic N) is 5. The second-order valence-corrected chi connectivity index (χ2v) is 8.71. The van der Waals surface area contributed by atoms with E-state index in [9.17, 15) is 31.5 Å². The lowest BCUT2D eigenvalue weighted by atomic mass is 10.0. The molecule has 35 heavy (non-hydrogen) atoms. The van der Waals surface area contributed by atoms with Crippen LogP contribution in [0.1, 0.15) is 36.2 Å². The van der Waals surface area contributed by atoms with Crippen LogP contribution in [-0.4, -0.2) is 68.2 Å². The highest BCUT2D eigenvalue weighted by molar-refractivity contribution is 5.78. The molecule has 0 aromatic carbocycles. The van der Waals surface area contributed by atoms with Gasteiger partial charge in [-0.3, -0.25) is 14.6 Å². The molecule has 0 unspecified atom stereocenters. The van der Waals surface area contributed by atoms with Crippen molar-refractivity contribution < 1.29 is 31.5 Å². The van der Waals surface area contributed by atoms with Gasteiger partial charge >= 0.3 is 6.18 Å². The molecule has 4 heterocycles. The smallest absolute Gasteiger partial charge is 0.336 e. The monoisotopic (exact) mass is 498 g/mol. The standard InChI is InChI=1S/C22H23F5N6O2/c23-21(24)5-1-17(34)33(12-21)10-14(28)9-18(35)32-8-4-15-16(11-32)30-20(13-2-6-29-7-3-13)31-19(15)22(25,26)27/h2-3,6-7,14H,1,4-5,8-12,28H2/t14-/m0/s1. The van der Waals surface area contributed by atoms with Gasteiger partial charge in [-0.2, -0.15) is 13.2 Å². The normalized spacial score (nSPS) is 18.9. The molecule has 2 N–H and O–H groups in total. The number of carbonyl (C=O) groups excluding carboxylic acids is 2. The Hall–Kier alpha value is -3.22. The summed E-state index contributed by atoms with van der Waals surface area (Å²) in [5.41, 5.74) is 5.30. The maximum Gasteiger partial charge on any atom is 0.433 e. The van der Waals surface area contributed by atoms with Gasteiger partial charge in [-0.1, -0.05) is 0 Å². The molecule has 2 aromatic rings. The number of nitrogens with two attached hydrogens (primary N) is 1. The van der Waals surface area contributed by atoms with Crippen molar-refractivity contribution >= 4 is 11.8 Å². The Morgan fingerprint density at radius 3 is 2.57 bits per heavy atom. The SMILES string of the molecule is N[C@@H](CC(=O)N1CCc2c(nc(-c3ccncc3)nc2C(F)(F)F)C1)CN1CC(F)(F)CCC1=O. The van der Waals surface area contributed by atoms with Crippen LogP contribution in [0, 0.1) is 0 Å². The molecule has 1 atom stereocenters. The van der Waals surface area contributed by atoms with E-state index in [0.717, 1.165) is 4.90 Å². The molecule has 2 aliphatic rings. The van der Waals surface area contributed by atoms with Gasteiger partial charge in [-0.25, -0.2) is 18.7 Å². The van der Waals surface area contributed by atoms with Crippen molar-refractivity contribution in [2.45, 2.75) is 50.4 Å². The van der Waals surface area contributed by atoms with E-state index >= 15 is 0 Å².